The fraction of sp³-hybridized carbons (Fsp3) is 0.333. The van der Waals surface area contributed by atoms with E-state index in [1.54, 1.807) is 12.1 Å². The Morgan fingerprint density at radius 2 is 1.93 bits per heavy atom. The van der Waals surface area contributed by atoms with Crippen molar-refractivity contribution >= 4 is 39.1 Å². The van der Waals surface area contributed by atoms with Crippen LogP contribution in [0.25, 0.3) is 21.8 Å². The highest BCUT2D eigenvalue weighted by atomic mass is 16.6. The van der Waals surface area contributed by atoms with Gasteiger partial charge in [-0.2, -0.15) is 0 Å². The maximum Gasteiger partial charge on any atom is 0.322 e. The molecule has 0 amide bonds. The van der Waals surface area contributed by atoms with Crippen molar-refractivity contribution in [3.63, 3.8) is 0 Å². The molecule has 9 heteroatoms. The second-order valence-electron chi connectivity index (χ2n) is 6.92. The number of non-ortho nitro benzene ring substituents is 1. The molecular weight excluding hydrogens is 386 g/mol. The van der Waals surface area contributed by atoms with Crippen molar-refractivity contribution in [1.29, 1.82) is 0 Å². The van der Waals surface area contributed by atoms with Gasteiger partial charge in [-0.25, -0.2) is 4.98 Å². The Morgan fingerprint density at radius 1 is 1.17 bits per heavy atom. The number of anilines is 1. The molecule has 0 aliphatic rings. The summed E-state index contributed by atoms with van der Waals surface area (Å²) in [6.45, 7) is 0.921. The van der Waals surface area contributed by atoms with Crippen LogP contribution >= 0.6 is 0 Å². The van der Waals surface area contributed by atoms with Gasteiger partial charge in [0.25, 0.3) is 5.69 Å². The number of aromatic nitrogens is 1. The van der Waals surface area contributed by atoms with Crippen LogP contribution in [0.4, 0.5) is 11.4 Å². The normalized spacial score (nSPS) is 12.1. The van der Waals surface area contributed by atoms with Gasteiger partial charge in [-0.15, -0.1) is 0 Å². The smallest absolute Gasteiger partial charge is 0.322 e. The number of nitrogens with one attached hydrogen (secondary N) is 1. The monoisotopic (exact) mass is 411 g/mol. The number of hydrogen-bond donors (Lipinski definition) is 3. The number of esters is 1. The van der Waals surface area contributed by atoms with E-state index in [0.717, 1.165) is 18.2 Å². The van der Waals surface area contributed by atoms with Crippen LogP contribution in [0.3, 0.4) is 0 Å². The van der Waals surface area contributed by atoms with E-state index in [-0.39, 0.29) is 18.8 Å². The van der Waals surface area contributed by atoms with Crippen molar-refractivity contribution in [2.24, 2.45) is 11.5 Å². The van der Waals surface area contributed by atoms with E-state index in [1.165, 1.54) is 6.07 Å². The molecule has 0 saturated carbocycles. The van der Waals surface area contributed by atoms with Gasteiger partial charge in [0.05, 0.1) is 21.6 Å². The zero-order chi connectivity index (χ0) is 21.5. The van der Waals surface area contributed by atoms with Crippen LogP contribution in [0.15, 0.2) is 42.5 Å². The van der Waals surface area contributed by atoms with Gasteiger partial charge in [0, 0.05) is 18.0 Å². The van der Waals surface area contributed by atoms with Gasteiger partial charge in [-0.1, -0.05) is 30.7 Å². The minimum atomic E-state index is -0.680. The third-order valence-corrected chi connectivity index (χ3v) is 4.80. The molecule has 2 aromatic carbocycles. The zero-order valence-corrected chi connectivity index (χ0v) is 16.5. The summed E-state index contributed by atoms with van der Waals surface area (Å²) in [4.78, 5) is 27.7. The van der Waals surface area contributed by atoms with Crippen molar-refractivity contribution in [2.45, 2.75) is 25.3 Å². The van der Waals surface area contributed by atoms with Crippen LogP contribution < -0.4 is 16.8 Å². The molecule has 0 aliphatic carbocycles. The highest BCUT2D eigenvalue weighted by Gasteiger charge is 2.19. The predicted molar refractivity (Wildman–Crippen MR) is 116 cm³/mol. The van der Waals surface area contributed by atoms with Gasteiger partial charge in [0.2, 0.25) is 0 Å². The molecule has 1 aromatic heterocycles. The lowest BCUT2D eigenvalue weighted by Crippen LogP contribution is -2.33. The molecule has 158 valence electrons. The maximum absolute atomic E-state index is 12.0. The summed E-state index contributed by atoms with van der Waals surface area (Å²) in [6.07, 6.45) is 2.10. The number of nitrogens with zero attached hydrogens (tertiary/aromatic N) is 2. The van der Waals surface area contributed by atoms with Gasteiger partial charge in [-0.3, -0.25) is 14.9 Å². The molecule has 0 spiro atoms. The van der Waals surface area contributed by atoms with Crippen molar-refractivity contribution in [1.82, 2.24) is 4.98 Å². The van der Waals surface area contributed by atoms with Crippen molar-refractivity contribution < 1.29 is 14.5 Å². The number of ether oxygens (including phenoxy) is 1. The number of nitro benzene ring substituents is 1. The van der Waals surface area contributed by atoms with Gasteiger partial charge in [0.1, 0.15) is 18.0 Å². The summed E-state index contributed by atoms with van der Waals surface area (Å²) >= 11 is 0. The zero-order valence-electron chi connectivity index (χ0n) is 16.5. The lowest BCUT2D eigenvalue weighted by molar-refractivity contribution is -0.383. The first kappa shape index (κ1) is 21.4. The number of unbranched alkanes of at least 4 members (excludes halogenated alkanes) is 1. The van der Waals surface area contributed by atoms with E-state index in [4.69, 9.17) is 16.2 Å². The molecule has 0 bridgehead atoms. The van der Waals surface area contributed by atoms with E-state index in [0.29, 0.717) is 35.1 Å². The third-order valence-electron chi connectivity index (χ3n) is 4.80. The van der Waals surface area contributed by atoms with Crippen LogP contribution in [0, 0.1) is 10.1 Å². The minimum absolute atomic E-state index is 0.0350. The fourth-order valence-corrected chi connectivity index (χ4v) is 3.32. The van der Waals surface area contributed by atoms with E-state index in [1.807, 2.05) is 24.3 Å². The van der Waals surface area contributed by atoms with Gasteiger partial charge in [-0.05, 0) is 31.5 Å². The van der Waals surface area contributed by atoms with E-state index in [2.05, 4.69) is 10.3 Å². The standard InChI is InChI=1S/C21H25N5O4/c22-11-4-3-7-15(23)21(27)30-13-12-24-20-14-6-1-2-8-16(14)25-17-9-5-10-18(19(17)20)26(28)29/h1-2,5-6,8-10,15H,3-4,7,11-13,22-23H2,(H,24,25)/t15-/m0/s1. The molecular formula is C21H25N5O4. The quantitative estimate of drug-likeness (QED) is 0.152. The largest absolute Gasteiger partial charge is 0.463 e. The minimum Gasteiger partial charge on any atom is -0.463 e. The fourth-order valence-electron chi connectivity index (χ4n) is 3.32. The van der Waals surface area contributed by atoms with Crippen LogP contribution in [0.1, 0.15) is 19.3 Å². The van der Waals surface area contributed by atoms with Crippen LogP contribution in [-0.4, -0.2) is 41.6 Å². The van der Waals surface area contributed by atoms with Gasteiger partial charge >= 0.3 is 5.97 Å². The summed E-state index contributed by atoms with van der Waals surface area (Å²) in [5.74, 6) is -0.468. The number of nitro groups is 1. The summed E-state index contributed by atoms with van der Waals surface area (Å²) in [7, 11) is 0. The van der Waals surface area contributed by atoms with Gasteiger partial charge in [0.15, 0.2) is 0 Å². The highest BCUT2D eigenvalue weighted by molar-refractivity contribution is 6.11. The Balaban J connectivity index is 1.78. The molecule has 9 nitrogen and oxygen atoms in total. The Hall–Kier alpha value is -3.30. The van der Waals surface area contributed by atoms with Crippen molar-refractivity contribution in [3.8, 4) is 0 Å². The van der Waals surface area contributed by atoms with Crippen LogP contribution in [0.2, 0.25) is 0 Å². The molecule has 3 rings (SSSR count). The summed E-state index contributed by atoms with van der Waals surface area (Å²) in [5, 5.41) is 15.9. The Morgan fingerprint density at radius 3 is 2.70 bits per heavy atom. The summed E-state index contributed by atoms with van der Waals surface area (Å²) in [5.41, 5.74) is 13.1. The summed E-state index contributed by atoms with van der Waals surface area (Å²) in [6, 6.07) is 11.5. The number of para-hydroxylation sites is 1. The first-order chi connectivity index (χ1) is 14.5. The van der Waals surface area contributed by atoms with Crippen LogP contribution in [0.5, 0.6) is 0 Å². The number of carbonyl (C=O) groups excluding carboxylic acids is 1. The average Bonchev–Trinajstić information content (AvgIpc) is 2.75. The predicted octanol–water partition coefficient (Wildman–Crippen LogP) is 2.71. The average molecular weight is 411 g/mol. The summed E-state index contributed by atoms with van der Waals surface area (Å²) < 4.78 is 5.25. The number of fused-ring (bicyclic) bond motifs is 2. The number of benzene rings is 2. The molecule has 5 N–H and O–H groups in total. The van der Waals surface area contributed by atoms with Crippen molar-refractivity contribution in [3.05, 3.63) is 52.6 Å². The van der Waals surface area contributed by atoms with Crippen LogP contribution in [-0.2, 0) is 9.53 Å². The Bertz CT molecular complexity index is 1060. The molecule has 3 aromatic rings. The Labute approximate surface area is 173 Å². The van der Waals surface area contributed by atoms with E-state index >= 15 is 0 Å². The molecule has 0 fully saturated rings. The molecule has 1 atom stereocenters. The molecule has 0 aliphatic heterocycles. The first-order valence-corrected chi connectivity index (χ1v) is 9.85. The molecule has 0 radical (unpaired) electrons. The molecule has 1 heterocycles. The lowest BCUT2D eigenvalue weighted by atomic mass is 10.1. The van der Waals surface area contributed by atoms with E-state index < -0.39 is 16.9 Å². The lowest BCUT2D eigenvalue weighted by Gasteiger charge is -2.15. The van der Waals surface area contributed by atoms with Crippen molar-refractivity contribution in [2.75, 3.05) is 25.0 Å². The topological polar surface area (TPSA) is 146 Å². The first-order valence-electron chi connectivity index (χ1n) is 9.85. The third kappa shape index (κ3) is 4.81. The second kappa shape index (κ2) is 9.95. The molecule has 30 heavy (non-hydrogen) atoms. The second-order valence-corrected chi connectivity index (χ2v) is 6.92. The van der Waals surface area contributed by atoms with E-state index in [9.17, 15) is 14.9 Å². The number of pyridine rings is 1. The highest BCUT2D eigenvalue weighted by Crippen LogP contribution is 2.36. The number of carbonyl (C=O) groups is 1. The molecule has 0 saturated heterocycles. The SMILES string of the molecule is NCCCC[C@H](N)C(=O)OCCNc1c2ccccc2nc2cccc([N+](=O)[O-])c12. The number of rotatable bonds is 10. The molecule has 0 unspecified atom stereocenters. The number of nitrogens with two attached hydrogens (primary N) is 2. The maximum atomic E-state index is 12.0. The Kier molecular flexibility index (Phi) is 7.10. The van der Waals surface area contributed by atoms with Gasteiger partial charge < -0.3 is 21.5 Å². The number of hydrogen-bond acceptors (Lipinski definition) is 8.